The van der Waals surface area contributed by atoms with Crippen LogP contribution in [0.5, 0.6) is 11.5 Å². The first-order chi connectivity index (χ1) is 12.9. The van der Waals surface area contributed by atoms with E-state index < -0.39 is 24.3 Å². The summed E-state index contributed by atoms with van der Waals surface area (Å²) in [4.78, 5) is 24.2. The molecular weight excluding hydrogens is 423 g/mol. The standard InChI is InChI=1S/C18H16BrFN2O5/c1-9-2-3-11(20)16(17(9)21)18(24)27-8-15(23)22-12-7-14-13(6-10(12)19)25-4-5-26-14/h2-3,6-7H,4-5,8,21H2,1H3,(H,22,23). The van der Waals surface area contributed by atoms with Gasteiger partial charge in [0.2, 0.25) is 0 Å². The van der Waals surface area contributed by atoms with Crippen LogP contribution in [0.3, 0.4) is 0 Å². The van der Waals surface area contributed by atoms with Gasteiger partial charge in [0.1, 0.15) is 24.6 Å². The number of amides is 1. The van der Waals surface area contributed by atoms with Gasteiger partial charge in [-0.25, -0.2) is 9.18 Å². The molecule has 0 saturated carbocycles. The Morgan fingerprint density at radius 3 is 2.63 bits per heavy atom. The van der Waals surface area contributed by atoms with Crippen molar-refractivity contribution in [3.63, 3.8) is 0 Å². The number of carbonyl (C=O) groups excluding carboxylic acids is 2. The minimum atomic E-state index is -1.01. The summed E-state index contributed by atoms with van der Waals surface area (Å²) in [7, 11) is 0. The normalized spacial score (nSPS) is 12.4. The average Bonchev–Trinajstić information content (AvgIpc) is 2.64. The van der Waals surface area contributed by atoms with Gasteiger partial charge < -0.3 is 25.3 Å². The Morgan fingerprint density at radius 1 is 1.26 bits per heavy atom. The van der Waals surface area contributed by atoms with Crippen LogP contribution in [0.4, 0.5) is 15.8 Å². The lowest BCUT2D eigenvalue weighted by atomic mass is 10.1. The van der Waals surface area contributed by atoms with Crippen molar-refractivity contribution in [1.29, 1.82) is 0 Å². The molecule has 1 aliphatic heterocycles. The molecule has 9 heteroatoms. The second-order valence-electron chi connectivity index (χ2n) is 5.75. The minimum Gasteiger partial charge on any atom is -0.486 e. The van der Waals surface area contributed by atoms with E-state index in [4.69, 9.17) is 19.9 Å². The number of rotatable bonds is 4. The van der Waals surface area contributed by atoms with Crippen molar-refractivity contribution in [3.05, 3.63) is 45.7 Å². The Kier molecular flexibility index (Phi) is 5.50. The number of esters is 1. The van der Waals surface area contributed by atoms with Crippen molar-refractivity contribution in [2.24, 2.45) is 0 Å². The maximum atomic E-state index is 13.9. The first-order valence-electron chi connectivity index (χ1n) is 7.97. The molecule has 7 nitrogen and oxygen atoms in total. The summed E-state index contributed by atoms with van der Waals surface area (Å²) in [6.45, 7) is 1.88. The van der Waals surface area contributed by atoms with Gasteiger partial charge in [0, 0.05) is 16.6 Å². The number of nitrogens with one attached hydrogen (secondary N) is 1. The smallest absolute Gasteiger partial charge is 0.343 e. The Morgan fingerprint density at radius 2 is 1.93 bits per heavy atom. The number of hydrogen-bond donors (Lipinski definition) is 2. The van der Waals surface area contributed by atoms with Crippen molar-refractivity contribution in [3.8, 4) is 11.5 Å². The monoisotopic (exact) mass is 438 g/mol. The summed E-state index contributed by atoms with van der Waals surface area (Å²) in [5.41, 5.74) is 6.27. The van der Waals surface area contributed by atoms with Crippen LogP contribution in [0.25, 0.3) is 0 Å². The number of nitrogens with two attached hydrogens (primary N) is 1. The zero-order valence-electron chi connectivity index (χ0n) is 14.3. The summed E-state index contributed by atoms with van der Waals surface area (Å²) in [5, 5.41) is 2.58. The number of aryl methyl sites for hydroxylation is 1. The molecule has 0 aromatic heterocycles. The largest absolute Gasteiger partial charge is 0.486 e. The summed E-state index contributed by atoms with van der Waals surface area (Å²) in [6, 6.07) is 5.83. The van der Waals surface area contributed by atoms with Crippen molar-refractivity contribution < 1.29 is 28.2 Å². The fraction of sp³-hybridized carbons (Fsp3) is 0.222. The minimum absolute atomic E-state index is 0.0185. The predicted octanol–water partition coefficient (Wildman–Crippen LogP) is 3.05. The van der Waals surface area contributed by atoms with Crippen LogP contribution in [0.1, 0.15) is 15.9 Å². The number of hydrogen-bond acceptors (Lipinski definition) is 6. The molecule has 0 spiro atoms. The lowest BCUT2D eigenvalue weighted by molar-refractivity contribution is -0.119. The Labute approximate surface area is 162 Å². The number of anilines is 2. The van der Waals surface area contributed by atoms with Gasteiger partial charge in [-0.3, -0.25) is 4.79 Å². The number of ether oxygens (including phenoxy) is 3. The van der Waals surface area contributed by atoms with E-state index in [0.29, 0.717) is 40.4 Å². The lowest BCUT2D eigenvalue weighted by Gasteiger charge is -2.20. The molecule has 1 amide bonds. The highest BCUT2D eigenvalue weighted by Gasteiger charge is 2.20. The van der Waals surface area contributed by atoms with Gasteiger partial charge in [-0.1, -0.05) is 6.07 Å². The van der Waals surface area contributed by atoms with E-state index in [9.17, 15) is 14.0 Å². The lowest BCUT2D eigenvalue weighted by Crippen LogP contribution is -2.22. The van der Waals surface area contributed by atoms with Crippen molar-refractivity contribution in [2.75, 3.05) is 30.9 Å². The first-order valence-corrected chi connectivity index (χ1v) is 8.77. The highest BCUT2D eigenvalue weighted by Crippen LogP contribution is 2.38. The average molecular weight is 439 g/mol. The van der Waals surface area contributed by atoms with Gasteiger partial charge in [0.15, 0.2) is 18.1 Å². The van der Waals surface area contributed by atoms with E-state index in [0.717, 1.165) is 6.07 Å². The molecule has 0 saturated heterocycles. The van der Waals surface area contributed by atoms with E-state index in [2.05, 4.69) is 21.2 Å². The maximum Gasteiger partial charge on any atom is 0.343 e. The van der Waals surface area contributed by atoms with E-state index in [-0.39, 0.29) is 11.3 Å². The molecular formula is C18H16BrFN2O5. The van der Waals surface area contributed by atoms with E-state index in [1.807, 2.05) is 0 Å². The summed E-state index contributed by atoms with van der Waals surface area (Å²) in [6.07, 6.45) is 0. The van der Waals surface area contributed by atoms with Gasteiger partial charge in [0.25, 0.3) is 5.91 Å². The van der Waals surface area contributed by atoms with Crippen LogP contribution in [0, 0.1) is 12.7 Å². The number of carbonyl (C=O) groups is 2. The second kappa shape index (κ2) is 7.83. The van der Waals surface area contributed by atoms with Crippen LogP contribution in [-0.2, 0) is 9.53 Å². The number of halogens is 2. The van der Waals surface area contributed by atoms with Gasteiger partial charge in [-0.15, -0.1) is 0 Å². The SMILES string of the molecule is Cc1ccc(F)c(C(=O)OCC(=O)Nc2cc3c(cc2Br)OCCO3)c1N. The molecule has 0 radical (unpaired) electrons. The molecule has 1 heterocycles. The van der Waals surface area contributed by atoms with Crippen LogP contribution in [0.15, 0.2) is 28.7 Å². The third kappa shape index (κ3) is 4.13. The van der Waals surface area contributed by atoms with Crippen molar-refractivity contribution in [1.82, 2.24) is 0 Å². The summed E-state index contributed by atoms with van der Waals surface area (Å²) < 4.78 is 30.2. The maximum absolute atomic E-state index is 13.9. The van der Waals surface area contributed by atoms with Crippen LogP contribution in [0.2, 0.25) is 0 Å². The quantitative estimate of drug-likeness (QED) is 0.561. The Balaban J connectivity index is 1.65. The zero-order valence-corrected chi connectivity index (χ0v) is 15.9. The van der Waals surface area contributed by atoms with Crippen LogP contribution >= 0.6 is 15.9 Å². The molecule has 0 atom stereocenters. The fourth-order valence-electron chi connectivity index (χ4n) is 2.45. The Bertz CT molecular complexity index is 919. The fourth-order valence-corrected chi connectivity index (χ4v) is 2.88. The molecule has 2 aromatic rings. The molecule has 2 aromatic carbocycles. The molecule has 0 unspecified atom stereocenters. The summed E-state index contributed by atoms with van der Waals surface area (Å²) in [5.74, 6) is -1.37. The zero-order chi connectivity index (χ0) is 19.6. The topological polar surface area (TPSA) is 99.9 Å². The highest BCUT2D eigenvalue weighted by atomic mass is 79.9. The third-order valence-corrected chi connectivity index (χ3v) is 4.51. The van der Waals surface area contributed by atoms with Crippen LogP contribution < -0.4 is 20.5 Å². The summed E-state index contributed by atoms with van der Waals surface area (Å²) >= 11 is 3.32. The molecule has 142 valence electrons. The van der Waals surface area contributed by atoms with Crippen molar-refractivity contribution >= 4 is 39.2 Å². The first kappa shape index (κ1) is 19.0. The molecule has 0 fully saturated rings. The predicted molar refractivity (Wildman–Crippen MR) is 99.6 cm³/mol. The van der Waals surface area contributed by atoms with E-state index >= 15 is 0 Å². The molecule has 27 heavy (non-hydrogen) atoms. The van der Waals surface area contributed by atoms with Gasteiger partial charge >= 0.3 is 5.97 Å². The van der Waals surface area contributed by atoms with Crippen molar-refractivity contribution in [2.45, 2.75) is 6.92 Å². The van der Waals surface area contributed by atoms with E-state index in [1.165, 1.54) is 6.07 Å². The number of benzene rings is 2. The molecule has 3 N–H and O–H groups in total. The van der Waals surface area contributed by atoms with Gasteiger partial charge in [0.05, 0.1) is 11.4 Å². The molecule has 1 aliphatic rings. The molecule has 0 bridgehead atoms. The highest BCUT2D eigenvalue weighted by molar-refractivity contribution is 9.10. The van der Waals surface area contributed by atoms with Gasteiger partial charge in [-0.2, -0.15) is 0 Å². The molecule has 3 rings (SSSR count). The second-order valence-corrected chi connectivity index (χ2v) is 6.61. The number of fused-ring (bicyclic) bond motifs is 1. The van der Waals surface area contributed by atoms with Crippen LogP contribution in [-0.4, -0.2) is 31.7 Å². The Hall–Kier alpha value is -2.81. The number of nitrogen functional groups attached to an aromatic ring is 1. The van der Waals surface area contributed by atoms with Gasteiger partial charge in [-0.05, 0) is 34.5 Å². The molecule has 0 aliphatic carbocycles. The van der Waals surface area contributed by atoms with E-state index in [1.54, 1.807) is 19.1 Å². The third-order valence-electron chi connectivity index (χ3n) is 3.86.